The Morgan fingerprint density at radius 3 is 1.40 bits per heavy atom. The van der Waals surface area contributed by atoms with Crippen molar-refractivity contribution in [2.75, 3.05) is 44.5 Å². The number of pyridine rings is 2. The Bertz CT molecular complexity index is 3400. The molecule has 15 nitrogen and oxygen atoms in total. The molecule has 4 aliphatic rings. The number of halogens is 11. The quantitative estimate of drug-likeness (QED) is 0.0203. The summed E-state index contributed by atoms with van der Waals surface area (Å²) in [6, 6.07) is 19.4. The van der Waals surface area contributed by atoms with Gasteiger partial charge >= 0.3 is 69.7 Å². The van der Waals surface area contributed by atoms with Gasteiger partial charge in [-0.05, 0) is 160 Å². The summed E-state index contributed by atoms with van der Waals surface area (Å²) in [4.78, 5) is 13.6. The minimum absolute atomic E-state index is 0. The number of aliphatic hydroxyl groups is 2. The molecule has 0 saturated heterocycles. The van der Waals surface area contributed by atoms with Crippen LogP contribution in [0, 0.1) is 37.5 Å². The van der Waals surface area contributed by atoms with Gasteiger partial charge in [-0.1, -0.05) is 99.4 Å². The second kappa shape index (κ2) is 42.2. The number of hydrogen-bond acceptors (Lipinski definition) is 12. The van der Waals surface area contributed by atoms with Crippen LogP contribution in [0.5, 0.6) is 34.5 Å². The van der Waals surface area contributed by atoms with E-state index in [1.165, 1.54) is 78.6 Å². The molecule has 0 bridgehead atoms. The van der Waals surface area contributed by atoms with Crippen molar-refractivity contribution < 1.29 is 96.5 Å². The molecule has 524 valence electrons. The van der Waals surface area contributed by atoms with Crippen LogP contribution in [0.4, 0.5) is 23.2 Å². The fourth-order valence-corrected chi connectivity index (χ4v) is 10.6. The SMILES string of the molecule is C.C.CC.CO.C[n+]1cc(Cl)c(C[C@H](O)c2ccc(OC(F)F)c(OCC3CC3)c2)c(Cl)c1.C[n+]1cc(Cl)c(C[C@H](OC(=O)c2ccc(NS(C)(=O)=O)c(OCC3CC3)c2)c2ccc(OC(F)F)c(OCC3CC3)c2)c(Cl)c1.Cc1ccc(C)c(OCC2CC2)c1.I[I-]I. The molecule has 0 radical (unpaired) electrons. The number of benzene rings is 4. The first-order valence-corrected chi connectivity index (χ1v) is 45.6. The molecular formula is C67H87Cl4F4I3N3O12S+. The van der Waals surface area contributed by atoms with Crippen LogP contribution in [-0.4, -0.2) is 77.6 Å². The predicted molar refractivity (Wildman–Crippen MR) is 377 cm³/mol. The van der Waals surface area contributed by atoms with Crippen molar-refractivity contribution in [3.05, 3.63) is 157 Å². The number of sulfonamides is 1. The first-order chi connectivity index (χ1) is 43.8. The third-order valence-electron chi connectivity index (χ3n) is 14.1. The molecule has 94 heavy (non-hydrogen) atoms. The maximum absolute atomic E-state index is 13.6. The molecule has 4 fully saturated rings. The van der Waals surface area contributed by atoms with Crippen LogP contribution in [0.2, 0.25) is 20.1 Å². The van der Waals surface area contributed by atoms with Crippen molar-refractivity contribution in [2.24, 2.45) is 37.8 Å². The summed E-state index contributed by atoms with van der Waals surface area (Å²) in [7, 11) is 0.934. The third kappa shape index (κ3) is 30.1. The van der Waals surface area contributed by atoms with Gasteiger partial charge < -0.3 is 43.4 Å². The maximum atomic E-state index is 13.6. The first-order valence-electron chi connectivity index (χ1n) is 29.6. The molecule has 0 spiro atoms. The molecule has 10 rings (SSSR count). The van der Waals surface area contributed by atoms with Crippen LogP contribution in [-0.2, 0) is 41.7 Å². The van der Waals surface area contributed by atoms with E-state index in [0.717, 1.165) is 70.2 Å². The molecule has 4 aromatic carbocycles. The molecule has 0 amide bonds. The zero-order valence-electron chi connectivity index (χ0n) is 52.2. The van der Waals surface area contributed by atoms with Crippen LogP contribution in [0.15, 0.2) is 97.6 Å². The number of alkyl halides is 4. The number of aryl methyl sites for hydroxylation is 4. The Morgan fingerprint density at radius 2 is 0.989 bits per heavy atom. The van der Waals surface area contributed by atoms with Crippen molar-refractivity contribution in [1.29, 1.82) is 0 Å². The number of aromatic nitrogens is 2. The van der Waals surface area contributed by atoms with Crippen molar-refractivity contribution in [3.8, 4) is 34.5 Å². The summed E-state index contributed by atoms with van der Waals surface area (Å²) in [5, 5.41) is 19.2. The average Bonchev–Trinajstić information content (AvgIpc) is 1.25. The van der Waals surface area contributed by atoms with Gasteiger partial charge in [-0.15, -0.1) is 0 Å². The van der Waals surface area contributed by atoms with Gasteiger partial charge in [0.25, 0.3) is 0 Å². The Balaban J connectivity index is 0.000000396. The second-order valence-corrected chi connectivity index (χ2v) is 41.7. The van der Waals surface area contributed by atoms with Gasteiger partial charge in [0, 0.05) is 31.1 Å². The number of carbonyl (C=O) groups excluding carboxylic acids is 1. The van der Waals surface area contributed by atoms with E-state index in [4.69, 9.17) is 75.2 Å². The summed E-state index contributed by atoms with van der Waals surface area (Å²) in [5.41, 5.74) is 4.85. The van der Waals surface area contributed by atoms with Crippen LogP contribution in [0.3, 0.4) is 0 Å². The Kier molecular flexibility index (Phi) is 37.9. The van der Waals surface area contributed by atoms with Gasteiger partial charge in [-0.2, -0.15) is 17.6 Å². The normalized spacial score (nSPS) is 14.3. The topological polar surface area (TPSA) is 176 Å². The van der Waals surface area contributed by atoms with E-state index < -0.39 is 41.4 Å². The molecular weight excluding hydrogens is 1670 g/mol. The van der Waals surface area contributed by atoms with Gasteiger partial charge in [-0.25, -0.2) is 22.3 Å². The van der Waals surface area contributed by atoms with Gasteiger partial charge in [0.05, 0.1) is 50.0 Å². The van der Waals surface area contributed by atoms with E-state index in [2.05, 4.69) is 83.5 Å². The Morgan fingerprint density at radius 1 is 0.596 bits per heavy atom. The van der Waals surface area contributed by atoms with E-state index in [1.807, 2.05) is 13.8 Å². The van der Waals surface area contributed by atoms with E-state index in [0.29, 0.717) is 93.2 Å². The summed E-state index contributed by atoms with van der Waals surface area (Å²) >= 11 is 30.8. The number of aliphatic hydroxyl groups excluding tert-OH is 2. The van der Waals surface area contributed by atoms with Gasteiger partial charge in [0.1, 0.15) is 51.8 Å². The average molecular weight is 1760 g/mol. The zero-order valence-corrected chi connectivity index (χ0v) is 62.5. The van der Waals surface area contributed by atoms with Gasteiger partial charge in [-0.3, -0.25) is 4.72 Å². The number of esters is 1. The molecule has 6 aromatic rings. The molecule has 3 N–H and O–H groups in total. The van der Waals surface area contributed by atoms with E-state index in [1.54, 1.807) is 48.0 Å². The number of ether oxygens (including phenoxy) is 7. The van der Waals surface area contributed by atoms with Gasteiger partial charge in [0.2, 0.25) is 10.0 Å². The molecule has 2 heterocycles. The fourth-order valence-electron chi connectivity index (χ4n) is 8.59. The Hall–Kier alpha value is -3.81. The van der Waals surface area contributed by atoms with Gasteiger partial charge in [0.15, 0.2) is 47.8 Å². The molecule has 0 aliphatic heterocycles. The molecule has 27 heteroatoms. The van der Waals surface area contributed by atoms with Crippen molar-refractivity contribution >= 4 is 105 Å². The number of nitrogens with zero attached hydrogens (tertiary/aromatic N) is 2. The fraction of sp³-hybridized carbons (Fsp3) is 0.478. The number of hydrogen-bond donors (Lipinski definition) is 3. The second-order valence-electron chi connectivity index (χ2n) is 22.1. The number of nitrogens with one attached hydrogen (secondary N) is 1. The molecule has 2 aromatic heterocycles. The summed E-state index contributed by atoms with van der Waals surface area (Å²) in [5.74, 6) is 2.56. The van der Waals surface area contributed by atoms with E-state index in [-0.39, 0.29) is 67.7 Å². The molecule has 4 saturated carbocycles. The van der Waals surface area contributed by atoms with E-state index in [9.17, 15) is 35.9 Å². The monoisotopic (exact) mass is 1750 g/mol. The zero-order chi connectivity index (χ0) is 67.8. The summed E-state index contributed by atoms with van der Waals surface area (Å²) in [6.07, 6.45) is 14.8. The van der Waals surface area contributed by atoms with Crippen molar-refractivity contribution in [1.82, 2.24) is 0 Å². The van der Waals surface area contributed by atoms with Crippen LogP contribution in [0.1, 0.15) is 136 Å². The van der Waals surface area contributed by atoms with Crippen LogP contribution in [0.25, 0.3) is 0 Å². The molecule has 2 atom stereocenters. The van der Waals surface area contributed by atoms with Crippen molar-refractivity contribution in [3.63, 3.8) is 0 Å². The van der Waals surface area contributed by atoms with Crippen LogP contribution >= 0.6 is 83.6 Å². The third-order valence-corrected chi connectivity index (χ3v) is 16.0. The molecule has 0 unspecified atom stereocenters. The number of anilines is 1. The Labute approximate surface area is 601 Å². The van der Waals surface area contributed by atoms with E-state index >= 15 is 0 Å². The number of rotatable bonds is 26. The molecule has 4 aliphatic carbocycles. The standard InChI is InChI=1S/C31H32Cl2F2N2O7S.C19H20Cl2F2NO3.C12H16O.C2H6.CH4O.2CH4.I3/c1-37-14-23(32)22(24(33)15-37)13-27(20-8-10-26(44-31(34)35)29(11-20)42-17-19-5-6-19)43-30(38)21-7-9-25(36-45(2,39)40)28(12-21)41-16-18-3-4-18;1-24-8-14(20)13(15(21)9-24)7-16(25)12-4-5-17(27-19(22)23)18(6-12)26-10-11-2-3-11;1-9-3-4-10(2)12(7-9)13-8-11-5-6-11;2*1-2;;;1-3-2/h7-12,14-15,18-19,27,31H,3-6,13,16-17H2,1-2H3;4-6,8-9,11,16,19,25H,2-3,7,10H2,1H3;3-4,7,11H,5-6,8H2,1-2H3;1-2H3;2H,1H3;2*1H4;/q;+1;;;;;;-1/p+1/t27-;16-;;;;;;/m00....../s1. The minimum atomic E-state index is -3.62. The number of carbonyl (C=O) groups is 1. The van der Waals surface area contributed by atoms with Crippen LogP contribution < -0.4 is 55.5 Å². The first kappa shape index (κ1) is 84.4. The summed E-state index contributed by atoms with van der Waals surface area (Å²) < 4.78 is 120. The predicted octanol–water partition coefficient (Wildman–Crippen LogP) is 14.8. The van der Waals surface area contributed by atoms with Crippen molar-refractivity contribution in [2.45, 2.75) is 132 Å². The summed E-state index contributed by atoms with van der Waals surface area (Å²) in [6.45, 7) is 4.23.